The number of aromatic nitrogens is 3. The van der Waals surface area contributed by atoms with Crippen molar-refractivity contribution in [2.24, 2.45) is 20.5 Å². The van der Waals surface area contributed by atoms with Crippen LogP contribution in [0.2, 0.25) is 0 Å². The van der Waals surface area contributed by atoms with Crippen molar-refractivity contribution in [1.29, 1.82) is 0 Å². The summed E-state index contributed by atoms with van der Waals surface area (Å²) in [5.41, 5.74) is -2.44. The van der Waals surface area contributed by atoms with Crippen LogP contribution in [0.15, 0.2) is 83.7 Å². The Bertz CT molecular complexity index is 2870. The maximum absolute atomic E-state index is 14.5. The van der Waals surface area contributed by atoms with Crippen LogP contribution < -0.4 is 19.7 Å². The summed E-state index contributed by atoms with van der Waals surface area (Å²) in [4.78, 5) is 9.95. The summed E-state index contributed by atoms with van der Waals surface area (Å²) >= 11 is 0. The molecule has 0 saturated carbocycles. The average Bonchev–Trinajstić information content (AvgIpc) is 3.15. The van der Waals surface area contributed by atoms with Gasteiger partial charge in [0.25, 0.3) is 30.4 Å². The van der Waals surface area contributed by atoms with Gasteiger partial charge in [0, 0.05) is 53.1 Å². The molecule has 2 heterocycles. The number of hydrogen-bond donors (Lipinski definition) is 6. The van der Waals surface area contributed by atoms with E-state index in [9.17, 15) is 53.5 Å². The van der Waals surface area contributed by atoms with Gasteiger partial charge in [-0.3, -0.25) is 13.7 Å². The van der Waals surface area contributed by atoms with Crippen LogP contribution in [0.3, 0.4) is 0 Å². The van der Waals surface area contributed by atoms with Gasteiger partial charge in [-0.15, -0.1) is 20.5 Å². The summed E-state index contributed by atoms with van der Waals surface area (Å²) in [5, 5.41) is 38.5. The summed E-state index contributed by atoms with van der Waals surface area (Å²) in [6.45, 7) is 1.17. The van der Waals surface area contributed by atoms with E-state index in [4.69, 9.17) is 14.2 Å². The maximum atomic E-state index is 14.5. The summed E-state index contributed by atoms with van der Waals surface area (Å²) in [6, 6.07) is 7.63. The number of azo groups is 2. The fraction of sp³-hybridized carbons (Fsp3) is 0.194. The molecular formula is C31H28CuFN9O14S3. The summed E-state index contributed by atoms with van der Waals surface area (Å²) in [5.74, 6) is -2.22. The SMILES string of the molecule is COc1cc(N=Nc2cc(S(=O)(=O)O)ccc2O)c(N=Nc2c(S(=O)(=O)O)cc3c(S(=O)(=O)O)c(Nc4nc(F)nc(N5CCOCC5)n4)ccc3c2O)cc1OC.[Cu]. The number of halogens is 1. The molecule has 1 saturated heterocycles. The third-order valence-corrected chi connectivity index (χ3v) is 10.8. The zero-order valence-corrected chi connectivity index (χ0v) is 33.2. The Kier molecular flexibility index (Phi) is 13.0. The molecule has 59 heavy (non-hydrogen) atoms. The molecule has 6 rings (SSSR count). The number of anilines is 3. The zero-order chi connectivity index (χ0) is 42.2. The van der Waals surface area contributed by atoms with Crippen LogP contribution in [0, 0.1) is 6.08 Å². The minimum atomic E-state index is -5.40. The zero-order valence-electron chi connectivity index (χ0n) is 29.8. The molecule has 0 spiro atoms. The van der Waals surface area contributed by atoms with Crippen molar-refractivity contribution in [1.82, 2.24) is 15.0 Å². The van der Waals surface area contributed by atoms with Gasteiger partial charge in [-0.1, -0.05) is 0 Å². The molecule has 4 aromatic carbocycles. The van der Waals surface area contributed by atoms with Gasteiger partial charge in [-0.05, 0) is 36.4 Å². The molecule has 6 N–H and O–H groups in total. The number of phenols is 2. The molecule has 0 amide bonds. The first-order valence-corrected chi connectivity index (χ1v) is 20.3. The molecule has 0 atom stereocenters. The molecule has 1 aliphatic heterocycles. The molecule has 1 radical (unpaired) electrons. The van der Waals surface area contributed by atoms with E-state index in [-0.39, 0.29) is 59.1 Å². The second kappa shape index (κ2) is 17.3. The Balaban J connectivity index is 0.00000661. The van der Waals surface area contributed by atoms with Gasteiger partial charge in [0.1, 0.15) is 38.3 Å². The number of nitrogens with one attached hydrogen (secondary N) is 1. The van der Waals surface area contributed by atoms with Crippen LogP contribution in [-0.2, 0) is 52.2 Å². The van der Waals surface area contributed by atoms with Crippen LogP contribution in [0.4, 0.5) is 44.7 Å². The Morgan fingerprint density at radius 1 is 0.746 bits per heavy atom. The fourth-order valence-electron chi connectivity index (χ4n) is 5.46. The quantitative estimate of drug-likeness (QED) is 0.0559. The van der Waals surface area contributed by atoms with E-state index in [0.717, 1.165) is 30.3 Å². The molecular weight excluding hydrogens is 901 g/mol. The summed E-state index contributed by atoms with van der Waals surface area (Å²) < 4.78 is 135. The van der Waals surface area contributed by atoms with Gasteiger partial charge < -0.3 is 34.6 Å². The molecule has 1 aromatic heterocycles. The Morgan fingerprint density at radius 2 is 1.36 bits per heavy atom. The number of nitrogens with zero attached hydrogens (tertiary/aromatic N) is 8. The normalized spacial score (nSPS) is 13.8. The van der Waals surface area contributed by atoms with E-state index in [1.54, 1.807) is 4.90 Å². The Morgan fingerprint density at radius 3 is 1.93 bits per heavy atom. The molecule has 0 bridgehead atoms. The van der Waals surface area contributed by atoms with Crippen molar-refractivity contribution in [3.05, 3.63) is 54.6 Å². The molecule has 1 aliphatic rings. The van der Waals surface area contributed by atoms with Gasteiger partial charge >= 0.3 is 6.08 Å². The van der Waals surface area contributed by atoms with E-state index >= 15 is 0 Å². The van der Waals surface area contributed by atoms with Crippen LogP contribution in [0.5, 0.6) is 23.0 Å². The molecule has 1 fully saturated rings. The first-order chi connectivity index (χ1) is 27.3. The number of benzene rings is 4. The number of ether oxygens (including phenoxy) is 3. The summed E-state index contributed by atoms with van der Waals surface area (Å²) in [7, 11) is -12.9. The number of methoxy groups -OCH3 is 2. The topological polar surface area (TPSA) is 335 Å². The molecule has 0 unspecified atom stereocenters. The smallest absolute Gasteiger partial charge is 0.315 e. The van der Waals surface area contributed by atoms with Gasteiger partial charge in [0.2, 0.25) is 11.9 Å². The van der Waals surface area contributed by atoms with Crippen LogP contribution in [-0.4, -0.2) is 105 Å². The predicted octanol–water partition coefficient (Wildman–Crippen LogP) is 4.74. The van der Waals surface area contributed by atoms with Gasteiger partial charge in [-0.2, -0.15) is 44.6 Å². The van der Waals surface area contributed by atoms with Gasteiger partial charge in [0.05, 0.1) is 38.0 Å². The first-order valence-electron chi connectivity index (χ1n) is 16.0. The first kappa shape index (κ1) is 44.4. The van der Waals surface area contributed by atoms with Crippen molar-refractivity contribution >= 4 is 81.5 Å². The molecule has 23 nitrogen and oxygen atoms in total. The van der Waals surface area contributed by atoms with E-state index in [1.807, 2.05) is 0 Å². The minimum absolute atomic E-state index is 0. The number of morpholine rings is 1. The molecule has 28 heteroatoms. The van der Waals surface area contributed by atoms with Crippen LogP contribution in [0.1, 0.15) is 0 Å². The van der Waals surface area contributed by atoms with Crippen molar-refractivity contribution in [2.45, 2.75) is 14.7 Å². The number of aromatic hydroxyl groups is 2. The van der Waals surface area contributed by atoms with E-state index in [1.165, 1.54) is 26.4 Å². The second-order valence-corrected chi connectivity index (χ2v) is 15.9. The Hall–Kier alpha value is -5.71. The summed E-state index contributed by atoms with van der Waals surface area (Å²) in [6.07, 6.45) is -1.25. The van der Waals surface area contributed by atoms with Gasteiger partial charge in [0.15, 0.2) is 17.2 Å². The van der Waals surface area contributed by atoms with Crippen molar-refractivity contribution < 1.29 is 84.8 Å². The fourth-order valence-corrected chi connectivity index (χ4v) is 7.45. The maximum Gasteiger partial charge on any atom is 0.315 e. The minimum Gasteiger partial charge on any atom is -0.506 e. The van der Waals surface area contributed by atoms with Crippen molar-refractivity contribution in [3.8, 4) is 23.0 Å². The third kappa shape index (κ3) is 9.78. The van der Waals surface area contributed by atoms with E-state index in [0.29, 0.717) is 19.2 Å². The number of rotatable bonds is 12. The number of phenolic OH excluding ortho intramolecular Hbond substituents is 2. The van der Waals surface area contributed by atoms with Crippen LogP contribution >= 0.6 is 0 Å². The van der Waals surface area contributed by atoms with Crippen LogP contribution in [0.25, 0.3) is 10.8 Å². The standard InChI is InChI=1S/C31H28FN9O14S3.Cu/c1-53-23-13-19(37-39-21-11-15(56(44,45)46)3-6-22(21)42)20(14-24(23)54-2)38-40-26-25(57(47,48)49)12-17-16(27(26)43)4-5-18(28(17)58(50,51)52)33-30-34-29(32)35-31(36-30)41-7-9-55-10-8-41;/h3-6,11-14,42-43H,7-10H2,1-2H3,(H,44,45,46)(H,47,48,49)(H,50,51,52)(H,33,34,35,36);. The average molecular weight is 929 g/mol. The predicted molar refractivity (Wildman–Crippen MR) is 197 cm³/mol. The molecule has 0 aliphatic carbocycles. The largest absolute Gasteiger partial charge is 0.506 e. The second-order valence-electron chi connectivity index (χ2n) is 11.7. The monoisotopic (exact) mass is 928 g/mol. The number of hydrogen-bond acceptors (Lipinski definition) is 20. The molecule has 317 valence electrons. The Labute approximate surface area is 343 Å². The van der Waals surface area contributed by atoms with Gasteiger partial charge in [-0.25, -0.2) is 0 Å². The third-order valence-electron chi connectivity index (χ3n) is 8.11. The van der Waals surface area contributed by atoms with E-state index < -0.39 is 96.4 Å². The molecule has 5 aromatic rings. The van der Waals surface area contributed by atoms with Crippen molar-refractivity contribution in [2.75, 3.05) is 50.7 Å². The van der Waals surface area contributed by atoms with Crippen molar-refractivity contribution in [3.63, 3.8) is 0 Å². The number of fused-ring (bicyclic) bond motifs is 1. The van der Waals surface area contributed by atoms with E-state index in [2.05, 4.69) is 40.7 Å².